The highest BCUT2D eigenvalue weighted by atomic mass is 19.4. The van der Waals surface area contributed by atoms with Gasteiger partial charge in [-0.05, 0) is 36.8 Å². The lowest BCUT2D eigenvalue weighted by atomic mass is 10.1. The van der Waals surface area contributed by atoms with Gasteiger partial charge in [0.1, 0.15) is 5.69 Å². The van der Waals surface area contributed by atoms with Crippen molar-refractivity contribution in [1.82, 2.24) is 15.0 Å². The van der Waals surface area contributed by atoms with Crippen molar-refractivity contribution in [1.29, 1.82) is 0 Å². The molecule has 8 heteroatoms. The van der Waals surface area contributed by atoms with Crippen LogP contribution in [0.25, 0.3) is 0 Å². The minimum Gasteiger partial charge on any atom is -0.350 e. The number of ether oxygens (including phenoxy) is 1. The third-order valence-corrected chi connectivity index (χ3v) is 4.66. The molecule has 0 radical (unpaired) electrons. The molecule has 0 saturated carbocycles. The maximum absolute atomic E-state index is 12.9. The molecule has 2 heterocycles. The number of nitrogens with zero attached hydrogens (tertiary/aromatic N) is 4. The minimum atomic E-state index is -4.37. The molecule has 0 amide bonds. The molecule has 0 aliphatic carbocycles. The monoisotopic (exact) mass is 388 g/mol. The van der Waals surface area contributed by atoms with E-state index in [9.17, 15) is 13.2 Å². The highest BCUT2D eigenvalue weighted by Crippen LogP contribution is 2.32. The molecule has 3 aromatic rings. The van der Waals surface area contributed by atoms with Gasteiger partial charge in [-0.25, -0.2) is 4.68 Å². The van der Waals surface area contributed by atoms with Crippen molar-refractivity contribution >= 4 is 5.69 Å². The number of anilines is 1. The number of aromatic nitrogens is 3. The van der Waals surface area contributed by atoms with Gasteiger partial charge in [-0.1, -0.05) is 35.0 Å². The summed E-state index contributed by atoms with van der Waals surface area (Å²) < 4.78 is 46.0. The molecule has 1 aliphatic heterocycles. The van der Waals surface area contributed by atoms with E-state index >= 15 is 0 Å². The first-order chi connectivity index (χ1) is 13.4. The molecular weight excluding hydrogens is 369 g/mol. The van der Waals surface area contributed by atoms with Crippen LogP contribution in [-0.2, 0) is 17.5 Å². The Bertz CT molecular complexity index is 953. The Morgan fingerprint density at radius 2 is 1.93 bits per heavy atom. The molecule has 0 spiro atoms. The molecule has 146 valence electrons. The molecular formula is C20H19F3N4O. The van der Waals surface area contributed by atoms with Gasteiger partial charge in [-0.15, -0.1) is 5.10 Å². The molecule has 5 nitrogen and oxygen atoms in total. The quantitative estimate of drug-likeness (QED) is 0.672. The van der Waals surface area contributed by atoms with Crippen LogP contribution in [-0.4, -0.2) is 28.1 Å². The normalized spacial score (nSPS) is 17.3. The summed E-state index contributed by atoms with van der Waals surface area (Å²) in [7, 11) is 0. The Morgan fingerprint density at radius 3 is 2.68 bits per heavy atom. The average molecular weight is 388 g/mol. The zero-order valence-corrected chi connectivity index (χ0v) is 15.2. The van der Waals surface area contributed by atoms with Crippen LogP contribution in [0.3, 0.4) is 0 Å². The Morgan fingerprint density at radius 1 is 1.14 bits per heavy atom. The topological polar surface area (TPSA) is 43.2 Å². The summed E-state index contributed by atoms with van der Waals surface area (Å²) in [5.74, 6) is 0. The second kappa shape index (κ2) is 7.27. The molecule has 1 atom stereocenters. The number of benzene rings is 2. The van der Waals surface area contributed by atoms with Crippen LogP contribution in [0, 0.1) is 6.92 Å². The second-order valence-corrected chi connectivity index (χ2v) is 6.79. The van der Waals surface area contributed by atoms with E-state index in [4.69, 9.17) is 4.74 Å². The molecule has 0 N–H and O–H groups in total. The van der Waals surface area contributed by atoms with E-state index in [0.717, 1.165) is 24.4 Å². The number of hydrogen-bond acceptors (Lipinski definition) is 4. The molecule has 0 unspecified atom stereocenters. The van der Waals surface area contributed by atoms with Gasteiger partial charge in [0, 0.05) is 12.2 Å². The summed E-state index contributed by atoms with van der Waals surface area (Å²) in [5.41, 5.74) is 2.67. The maximum atomic E-state index is 12.9. The highest BCUT2D eigenvalue weighted by Gasteiger charge is 2.31. The van der Waals surface area contributed by atoms with E-state index in [1.165, 1.54) is 16.3 Å². The van der Waals surface area contributed by atoms with E-state index in [2.05, 4.69) is 15.2 Å². The standard InChI is InChI=1S/C20H19F3N4O/c1-14-5-7-17(8-6-14)27-9-10-28-19(27)18-13-26(25-24-18)12-15-3-2-4-16(11-15)20(21,22)23/h2-8,11,13,19H,9-10,12H2,1H3/t19-/m0/s1. The lowest BCUT2D eigenvalue weighted by molar-refractivity contribution is -0.137. The summed E-state index contributed by atoms with van der Waals surface area (Å²) in [6.45, 7) is 3.53. The highest BCUT2D eigenvalue weighted by molar-refractivity contribution is 5.49. The molecule has 28 heavy (non-hydrogen) atoms. The van der Waals surface area contributed by atoms with E-state index in [-0.39, 0.29) is 12.8 Å². The molecule has 1 aliphatic rings. The number of aryl methyl sites for hydroxylation is 1. The molecule has 1 saturated heterocycles. The van der Waals surface area contributed by atoms with Crippen molar-refractivity contribution in [2.24, 2.45) is 0 Å². The summed E-state index contributed by atoms with van der Waals surface area (Å²) in [6.07, 6.45) is -3.01. The van der Waals surface area contributed by atoms with Gasteiger partial charge in [0.2, 0.25) is 0 Å². The van der Waals surface area contributed by atoms with Gasteiger partial charge >= 0.3 is 6.18 Å². The van der Waals surface area contributed by atoms with E-state index in [1.54, 1.807) is 12.3 Å². The van der Waals surface area contributed by atoms with Crippen molar-refractivity contribution in [2.75, 3.05) is 18.1 Å². The van der Waals surface area contributed by atoms with Crippen molar-refractivity contribution in [3.05, 3.63) is 77.1 Å². The molecule has 2 aromatic carbocycles. The van der Waals surface area contributed by atoms with Crippen LogP contribution in [0.5, 0.6) is 0 Å². The fourth-order valence-electron chi connectivity index (χ4n) is 3.25. The van der Waals surface area contributed by atoms with Gasteiger partial charge in [0.25, 0.3) is 0 Å². The van der Waals surface area contributed by atoms with Crippen LogP contribution in [0.1, 0.15) is 28.6 Å². The van der Waals surface area contributed by atoms with Gasteiger partial charge in [0.15, 0.2) is 6.23 Å². The Labute approximate surface area is 160 Å². The Balaban J connectivity index is 1.52. The maximum Gasteiger partial charge on any atom is 0.416 e. The van der Waals surface area contributed by atoms with Gasteiger partial charge < -0.3 is 9.64 Å². The summed E-state index contributed by atoms with van der Waals surface area (Å²) in [4.78, 5) is 2.10. The first-order valence-electron chi connectivity index (χ1n) is 8.91. The second-order valence-electron chi connectivity index (χ2n) is 6.79. The molecule has 1 fully saturated rings. The zero-order valence-electron chi connectivity index (χ0n) is 15.2. The van der Waals surface area contributed by atoms with Crippen molar-refractivity contribution < 1.29 is 17.9 Å². The summed E-state index contributed by atoms with van der Waals surface area (Å²) >= 11 is 0. The van der Waals surface area contributed by atoms with Gasteiger partial charge in [-0.3, -0.25) is 0 Å². The van der Waals surface area contributed by atoms with Crippen LogP contribution in [0.4, 0.5) is 18.9 Å². The summed E-state index contributed by atoms with van der Waals surface area (Å²) in [5, 5.41) is 8.25. The van der Waals surface area contributed by atoms with Crippen LogP contribution >= 0.6 is 0 Å². The molecule has 0 bridgehead atoms. The fraction of sp³-hybridized carbons (Fsp3) is 0.300. The number of halogens is 3. The van der Waals surface area contributed by atoms with Crippen molar-refractivity contribution in [3.63, 3.8) is 0 Å². The number of hydrogen-bond donors (Lipinski definition) is 0. The Kier molecular flexibility index (Phi) is 4.80. The van der Waals surface area contributed by atoms with E-state index in [1.807, 2.05) is 31.2 Å². The van der Waals surface area contributed by atoms with Gasteiger partial charge in [0.05, 0.1) is 24.9 Å². The zero-order chi connectivity index (χ0) is 19.7. The number of alkyl halides is 3. The third kappa shape index (κ3) is 3.87. The van der Waals surface area contributed by atoms with Gasteiger partial charge in [-0.2, -0.15) is 13.2 Å². The van der Waals surface area contributed by atoms with E-state index < -0.39 is 11.7 Å². The first-order valence-corrected chi connectivity index (χ1v) is 8.91. The van der Waals surface area contributed by atoms with Crippen molar-refractivity contribution in [3.8, 4) is 0 Å². The largest absolute Gasteiger partial charge is 0.416 e. The lowest BCUT2D eigenvalue weighted by Crippen LogP contribution is -2.23. The average Bonchev–Trinajstić information content (AvgIpc) is 3.31. The summed E-state index contributed by atoms with van der Waals surface area (Å²) in [6, 6.07) is 13.4. The minimum absolute atomic E-state index is 0.203. The van der Waals surface area contributed by atoms with Crippen molar-refractivity contribution in [2.45, 2.75) is 25.9 Å². The first kappa shape index (κ1) is 18.5. The SMILES string of the molecule is Cc1ccc(N2CCO[C@H]2c2cn(Cc3cccc(C(F)(F)F)c3)nn2)cc1. The molecule has 1 aromatic heterocycles. The Hall–Kier alpha value is -2.87. The van der Waals surface area contributed by atoms with Crippen LogP contribution < -0.4 is 4.90 Å². The fourth-order valence-corrected chi connectivity index (χ4v) is 3.25. The predicted octanol–water partition coefficient (Wildman–Crippen LogP) is 4.19. The molecule has 4 rings (SSSR count). The lowest BCUT2D eigenvalue weighted by Gasteiger charge is -2.23. The van der Waals surface area contributed by atoms with Crippen LogP contribution in [0.2, 0.25) is 0 Å². The smallest absolute Gasteiger partial charge is 0.350 e. The predicted molar refractivity (Wildman–Crippen MR) is 97.8 cm³/mol. The van der Waals surface area contributed by atoms with E-state index in [0.29, 0.717) is 17.9 Å². The number of rotatable bonds is 4. The third-order valence-electron chi connectivity index (χ3n) is 4.66. The van der Waals surface area contributed by atoms with Crippen LogP contribution in [0.15, 0.2) is 54.7 Å².